The Labute approximate surface area is 118 Å². The van der Waals surface area contributed by atoms with Gasteiger partial charge in [0.25, 0.3) is 0 Å². The summed E-state index contributed by atoms with van der Waals surface area (Å²) >= 11 is 1.56. The van der Waals surface area contributed by atoms with Gasteiger partial charge in [0, 0.05) is 12.4 Å². The number of hydrogen-bond acceptors (Lipinski definition) is 4. The molecule has 1 atom stereocenters. The predicted octanol–water partition coefficient (Wildman–Crippen LogP) is 1.70. The number of halogens is 2. The number of aromatic nitrogens is 1. The third-order valence-electron chi connectivity index (χ3n) is 2.62. The van der Waals surface area contributed by atoms with Crippen LogP contribution < -0.4 is 5.32 Å². The summed E-state index contributed by atoms with van der Waals surface area (Å²) in [6.07, 6.45) is 2.06. The largest absolute Gasteiger partial charge is 0.338 e. The van der Waals surface area contributed by atoms with Crippen molar-refractivity contribution in [2.45, 2.75) is 25.4 Å². The molecular weight excluding hydrogens is 281 g/mol. The molecular formula is C10H17Cl2N3OS. The topological polar surface area (TPSA) is 45.2 Å². The molecule has 17 heavy (non-hydrogen) atoms. The summed E-state index contributed by atoms with van der Waals surface area (Å²) in [5.74, 6) is 0.181. The van der Waals surface area contributed by atoms with Crippen molar-refractivity contribution in [3.05, 3.63) is 16.6 Å². The summed E-state index contributed by atoms with van der Waals surface area (Å²) < 4.78 is 0. The Bertz CT molecular complexity index is 328. The van der Waals surface area contributed by atoms with E-state index in [9.17, 15) is 4.79 Å². The van der Waals surface area contributed by atoms with E-state index >= 15 is 0 Å². The number of amides is 1. The minimum Gasteiger partial charge on any atom is -0.338 e. The van der Waals surface area contributed by atoms with Gasteiger partial charge in [-0.25, -0.2) is 4.98 Å². The lowest BCUT2D eigenvalue weighted by molar-refractivity contribution is -0.132. The molecule has 1 N–H and O–H groups in total. The number of likely N-dealkylation sites (N-methyl/N-ethyl adjacent to an activating group) is 1. The molecule has 0 unspecified atom stereocenters. The second kappa shape index (κ2) is 7.87. The van der Waals surface area contributed by atoms with Crippen LogP contribution in [-0.2, 0) is 11.3 Å². The average molecular weight is 298 g/mol. The molecule has 4 nitrogen and oxygen atoms in total. The molecule has 7 heteroatoms. The number of thiazole rings is 1. The monoisotopic (exact) mass is 297 g/mol. The van der Waals surface area contributed by atoms with Crippen molar-refractivity contribution < 1.29 is 4.79 Å². The zero-order chi connectivity index (χ0) is 10.7. The third-order valence-corrected chi connectivity index (χ3v) is 3.25. The van der Waals surface area contributed by atoms with Crippen molar-refractivity contribution in [2.75, 3.05) is 13.6 Å². The number of nitrogens with one attached hydrogen (secondary N) is 1. The molecule has 0 bridgehead atoms. The first-order valence-electron chi connectivity index (χ1n) is 5.13. The van der Waals surface area contributed by atoms with Crippen LogP contribution in [0.2, 0.25) is 0 Å². The van der Waals surface area contributed by atoms with E-state index in [1.54, 1.807) is 21.7 Å². The van der Waals surface area contributed by atoms with Gasteiger partial charge in [-0.1, -0.05) is 0 Å². The van der Waals surface area contributed by atoms with Crippen molar-refractivity contribution in [1.29, 1.82) is 0 Å². The van der Waals surface area contributed by atoms with Gasteiger partial charge in [-0.2, -0.15) is 0 Å². The van der Waals surface area contributed by atoms with E-state index in [0.717, 1.165) is 25.1 Å². The average Bonchev–Trinajstić information content (AvgIpc) is 2.88. The molecule has 0 radical (unpaired) electrons. The number of hydrogen-bond donors (Lipinski definition) is 1. The standard InChI is InChI=1S/C10H15N3OS.2ClH/c1-13(5-8-6-15-7-12-8)10(14)9-3-2-4-11-9;;/h6-7,9,11H,2-5H2,1H3;2*1H/t9-;;/m0../s1. The van der Waals surface area contributed by atoms with Gasteiger partial charge < -0.3 is 10.2 Å². The van der Waals surface area contributed by atoms with E-state index in [2.05, 4.69) is 10.3 Å². The van der Waals surface area contributed by atoms with Crippen LogP contribution in [0, 0.1) is 0 Å². The first kappa shape index (κ1) is 16.6. The van der Waals surface area contributed by atoms with Gasteiger partial charge in [0.2, 0.25) is 5.91 Å². The Morgan fingerprint density at radius 2 is 2.41 bits per heavy atom. The minimum atomic E-state index is 0. The minimum absolute atomic E-state index is 0. The van der Waals surface area contributed by atoms with Crippen LogP contribution in [0.25, 0.3) is 0 Å². The molecule has 1 aliphatic heterocycles. The SMILES string of the molecule is CN(Cc1cscn1)C(=O)[C@@H]1CCCN1.Cl.Cl. The van der Waals surface area contributed by atoms with E-state index in [1.807, 2.05) is 12.4 Å². The molecule has 0 saturated carbocycles. The first-order chi connectivity index (χ1) is 7.27. The summed E-state index contributed by atoms with van der Waals surface area (Å²) in [7, 11) is 1.84. The van der Waals surface area contributed by atoms with Crippen LogP contribution >= 0.6 is 36.2 Å². The summed E-state index contributed by atoms with van der Waals surface area (Å²) in [6.45, 7) is 1.57. The lowest BCUT2D eigenvalue weighted by Gasteiger charge is -2.20. The molecule has 0 aliphatic carbocycles. The van der Waals surface area contributed by atoms with E-state index in [-0.39, 0.29) is 36.8 Å². The molecule has 0 aromatic carbocycles. The summed E-state index contributed by atoms with van der Waals surface area (Å²) in [6, 6.07) is 0.0219. The fraction of sp³-hybridized carbons (Fsp3) is 0.600. The van der Waals surface area contributed by atoms with Crippen LogP contribution in [-0.4, -0.2) is 35.4 Å². The number of carbonyl (C=O) groups excluding carboxylic acids is 1. The van der Waals surface area contributed by atoms with Crippen molar-refractivity contribution in [3.8, 4) is 0 Å². The maximum atomic E-state index is 11.9. The Kier molecular flexibility index (Phi) is 7.70. The molecule has 1 aliphatic rings. The van der Waals surface area contributed by atoms with Crippen molar-refractivity contribution in [1.82, 2.24) is 15.2 Å². The molecule has 1 aromatic heterocycles. The van der Waals surface area contributed by atoms with Crippen LogP contribution in [0.4, 0.5) is 0 Å². The molecule has 2 heterocycles. The molecule has 1 aromatic rings. The number of rotatable bonds is 3. The van der Waals surface area contributed by atoms with Crippen LogP contribution in [0.1, 0.15) is 18.5 Å². The van der Waals surface area contributed by atoms with E-state index in [4.69, 9.17) is 0 Å². The molecule has 1 fully saturated rings. The van der Waals surface area contributed by atoms with Gasteiger partial charge in [-0.05, 0) is 19.4 Å². The maximum Gasteiger partial charge on any atom is 0.239 e. The first-order valence-corrected chi connectivity index (χ1v) is 6.07. The second-order valence-electron chi connectivity index (χ2n) is 3.82. The van der Waals surface area contributed by atoms with Crippen LogP contribution in [0.5, 0.6) is 0 Å². The maximum absolute atomic E-state index is 11.9. The quantitative estimate of drug-likeness (QED) is 0.924. The highest BCUT2D eigenvalue weighted by molar-refractivity contribution is 7.07. The highest BCUT2D eigenvalue weighted by atomic mass is 35.5. The van der Waals surface area contributed by atoms with Crippen molar-refractivity contribution in [2.24, 2.45) is 0 Å². The third kappa shape index (κ3) is 4.43. The Hall–Kier alpha value is -0.360. The smallest absolute Gasteiger partial charge is 0.239 e. The highest BCUT2D eigenvalue weighted by Gasteiger charge is 2.24. The lowest BCUT2D eigenvalue weighted by Crippen LogP contribution is -2.41. The normalized spacial score (nSPS) is 18.1. The van der Waals surface area contributed by atoms with Crippen LogP contribution in [0.15, 0.2) is 10.9 Å². The summed E-state index contributed by atoms with van der Waals surface area (Å²) in [5, 5.41) is 5.19. The highest BCUT2D eigenvalue weighted by Crippen LogP contribution is 2.10. The Balaban J connectivity index is 0.00000128. The van der Waals surface area contributed by atoms with E-state index in [1.165, 1.54) is 0 Å². The molecule has 98 valence electrons. The van der Waals surface area contributed by atoms with E-state index in [0.29, 0.717) is 6.54 Å². The lowest BCUT2D eigenvalue weighted by atomic mass is 10.2. The van der Waals surface area contributed by atoms with Crippen molar-refractivity contribution >= 4 is 42.1 Å². The fourth-order valence-electron chi connectivity index (χ4n) is 1.80. The zero-order valence-electron chi connectivity index (χ0n) is 9.59. The van der Waals surface area contributed by atoms with Gasteiger partial charge in [0.15, 0.2) is 0 Å². The molecule has 1 saturated heterocycles. The summed E-state index contributed by atoms with van der Waals surface area (Å²) in [4.78, 5) is 17.8. The molecule has 0 spiro atoms. The van der Waals surface area contributed by atoms with Gasteiger partial charge in [-0.3, -0.25) is 4.79 Å². The van der Waals surface area contributed by atoms with E-state index < -0.39 is 0 Å². The summed E-state index contributed by atoms with van der Waals surface area (Å²) in [5.41, 5.74) is 2.76. The number of carbonyl (C=O) groups is 1. The fourth-order valence-corrected chi connectivity index (χ4v) is 2.35. The Morgan fingerprint density at radius 1 is 1.65 bits per heavy atom. The molecule has 2 rings (SSSR count). The van der Waals surface area contributed by atoms with Gasteiger partial charge in [-0.15, -0.1) is 36.2 Å². The Morgan fingerprint density at radius 3 is 2.94 bits per heavy atom. The van der Waals surface area contributed by atoms with Crippen molar-refractivity contribution in [3.63, 3.8) is 0 Å². The van der Waals surface area contributed by atoms with Gasteiger partial charge in [0.05, 0.1) is 23.8 Å². The molecule has 1 amide bonds. The zero-order valence-corrected chi connectivity index (χ0v) is 12.0. The van der Waals surface area contributed by atoms with Gasteiger partial charge in [0.1, 0.15) is 0 Å². The van der Waals surface area contributed by atoms with Gasteiger partial charge >= 0.3 is 0 Å². The predicted molar refractivity (Wildman–Crippen MR) is 74.1 cm³/mol. The number of nitrogens with zero attached hydrogens (tertiary/aromatic N) is 2. The van der Waals surface area contributed by atoms with Crippen LogP contribution in [0.3, 0.4) is 0 Å². The second-order valence-corrected chi connectivity index (χ2v) is 4.54.